The summed E-state index contributed by atoms with van der Waals surface area (Å²) in [6.07, 6.45) is 11.2. The Morgan fingerprint density at radius 3 is 3.00 bits per heavy atom. The molecule has 1 aliphatic carbocycles. The van der Waals surface area contributed by atoms with Crippen LogP contribution >= 0.6 is 0 Å². The van der Waals surface area contributed by atoms with Crippen molar-refractivity contribution in [3.63, 3.8) is 0 Å². The summed E-state index contributed by atoms with van der Waals surface area (Å²) in [6, 6.07) is 4.49. The van der Waals surface area contributed by atoms with Crippen LogP contribution in [0.2, 0.25) is 0 Å². The Hall–Kier alpha value is -2.68. The third-order valence-corrected chi connectivity index (χ3v) is 4.99. The van der Waals surface area contributed by atoms with E-state index >= 15 is 0 Å². The average Bonchev–Trinajstić information content (AvgIpc) is 3.31. The average molecular weight is 320 g/mol. The van der Waals surface area contributed by atoms with Crippen LogP contribution in [-0.4, -0.2) is 24.7 Å². The molecule has 0 spiro atoms. The number of aromatic nitrogens is 5. The number of hydrogen-bond donors (Lipinski definition) is 1. The fraction of sp³-hybridized carbons (Fsp3) is 0.444. The second-order valence-electron chi connectivity index (χ2n) is 6.54. The molecule has 0 bridgehead atoms. The summed E-state index contributed by atoms with van der Waals surface area (Å²) in [5.41, 5.74) is 2.72. The topological polar surface area (TPSA) is 83.2 Å². The first-order valence-electron chi connectivity index (χ1n) is 8.49. The Balaban J connectivity index is 1.73. The molecule has 0 aromatic carbocycles. The molecule has 1 unspecified atom stereocenters. The SMILES string of the molecule is Cc1nc(-c2cnn(C(CC#N)C3CCCC3)c2)c2cc[nH]c2n1. The third kappa shape index (κ3) is 2.56. The first kappa shape index (κ1) is 14.9. The molecule has 3 heterocycles. The van der Waals surface area contributed by atoms with Gasteiger partial charge in [0.15, 0.2) is 0 Å². The molecule has 4 rings (SSSR count). The van der Waals surface area contributed by atoms with Crippen molar-refractivity contribution in [2.75, 3.05) is 0 Å². The highest BCUT2D eigenvalue weighted by molar-refractivity contribution is 5.90. The van der Waals surface area contributed by atoms with E-state index in [0.717, 1.165) is 28.1 Å². The molecular weight excluding hydrogens is 300 g/mol. The van der Waals surface area contributed by atoms with Crippen molar-refractivity contribution in [3.8, 4) is 17.3 Å². The highest BCUT2D eigenvalue weighted by Gasteiger charge is 2.27. The standard InChI is InChI=1S/C18H20N6/c1-12-22-17(15-7-9-20-18(15)23-12)14-10-21-24(11-14)16(6-8-19)13-4-2-3-5-13/h7,9-11,13,16H,2-6H2,1H3,(H,20,22,23). The first-order valence-corrected chi connectivity index (χ1v) is 8.49. The lowest BCUT2D eigenvalue weighted by Crippen LogP contribution is -2.17. The molecule has 1 N–H and O–H groups in total. The zero-order valence-corrected chi connectivity index (χ0v) is 13.7. The molecule has 0 radical (unpaired) electrons. The van der Waals surface area contributed by atoms with Crippen molar-refractivity contribution in [2.24, 2.45) is 5.92 Å². The maximum absolute atomic E-state index is 9.22. The van der Waals surface area contributed by atoms with Crippen LogP contribution < -0.4 is 0 Å². The number of nitrogens with one attached hydrogen (secondary N) is 1. The van der Waals surface area contributed by atoms with E-state index in [1.165, 1.54) is 25.7 Å². The normalized spacial score (nSPS) is 16.5. The summed E-state index contributed by atoms with van der Waals surface area (Å²) in [6.45, 7) is 1.89. The van der Waals surface area contributed by atoms with Crippen molar-refractivity contribution < 1.29 is 0 Å². The van der Waals surface area contributed by atoms with Gasteiger partial charge in [-0.05, 0) is 31.7 Å². The first-order chi connectivity index (χ1) is 11.8. The fourth-order valence-corrected chi connectivity index (χ4v) is 3.83. The Bertz CT molecular complexity index is 894. The molecule has 6 heteroatoms. The number of H-pyrrole nitrogens is 1. The van der Waals surface area contributed by atoms with E-state index in [1.807, 2.05) is 36.3 Å². The Morgan fingerprint density at radius 1 is 1.38 bits per heavy atom. The third-order valence-electron chi connectivity index (χ3n) is 4.99. The van der Waals surface area contributed by atoms with E-state index in [2.05, 4.69) is 26.1 Å². The van der Waals surface area contributed by atoms with Gasteiger partial charge in [-0.2, -0.15) is 10.4 Å². The molecule has 3 aromatic rings. The summed E-state index contributed by atoms with van der Waals surface area (Å²) in [5, 5.41) is 14.8. The maximum Gasteiger partial charge on any atom is 0.141 e. The predicted molar refractivity (Wildman–Crippen MR) is 91.1 cm³/mol. The van der Waals surface area contributed by atoms with Gasteiger partial charge in [-0.3, -0.25) is 4.68 Å². The van der Waals surface area contributed by atoms with Crippen molar-refractivity contribution in [2.45, 2.75) is 45.1 Å². The second-order valence-corrected chi connectivity index (χ2v) is 6.54. The van der Waals surface area contributed by atoms with Crippen LogP contribution in [0.1, 0.15) is 44.0 Å². The zero-order chi connectivity index (χ0) is 16.5. The predicted octanol–water partition coefficient (Wildman–Crippen LogP) is 3.77. The van der Waals surface area contributed by atoms with Gasteiger partial charge in [0, 0.05) is 23.3 Å². The van der Waals surface area contributed by atoms with Crippen LogP contribution in [0.3, 0.4) is 0 Å². The lowest BCUT2D eigenvalue weighted by Gasteiger charge is -2.21. The van der Waals surface area contributed by atoms with Gasteiger partial charge in [0.2, 0.25) is 0 Å². The Morgan fingerprint density at radius 2 is 2.21 bits per heavy atom. The maximum atomic E-state index is 9.22. The number of hydrogen-bond acceptors (Lipinski definition) is 4. The minimum Gasteiger partial charge on any atom is -0.346 e. The van der Waals surface area contributed by atoms with Crippen molar-refractivity contribution >= 4 is 11.0 Å². The summed E-state index contributed by atoms with van der Waals surface area (Å²) in [4.78, 5) is 12.2. The zero-order valence-electron chi connectivity index (χ0n) is 13.7. The number of fused-ring (bicyclic) bond motifs is 1. The monoisotopic (exact) mass is 320 g/mol. The van der Waals surface area contributed by atoms with Gasteiger partial charge in [0.05, 0.1) is 30.4 Å². The molecule has 0 aliphatic heterocycles. The molecule has 1 atom stereocenters. The van der Waals surface area contributed by atoms with E-state index in [4.69, 9.17) is 0 Å². The summed E-state index contributed by atoms with van der Waals surface area (Å²) < 4.78 is 1.98. The Kier molecular flexibility index (Phi) is 3.77. The van der Waals surface area contributed by atoms with Crippen LogP contribution in [0.15, 0.2) is 24.7 Å². The number of aryl methyl sites for hydroxylation is 1. The molecule has 3 aromatic heterocycles. The number of nitriles is 1. The van der Waals surface area contributed by atoms with E-state index in [1.54, 1.807) is 0 Å². The van der Waals surface area contributed by atoms with Crippen LogP contribution in [-0.2, 0) is 0 Å². The van der Waals surface area contributed by atoms with E-state index < -0.39 is 0 Å². The van der Waals surface area contributed by atoms with Crippen molar-refractivity contribution in [1.82, 2.24) is 24.7 Å². The molecular formula is C18H20N6. The van der Waals surface area contributed by atoms with Crippen LogP contribution in [0.25, 0.3) is 22.3 Å². The van der Waals surface area contributed by atoms with Gasteiger partial charge >= 0.3 is 0 Å². The molecule has 0 amide bonds. The lowest BCUT2D eigenvalue weighted by atomic mass is 9.96. The lowest BCUT2D eigenvalue weighted by molar-refractivity contribution is 0.315. The minimum absolute atomic E-state index is 0.163. The van der Waals surface area contributed by atoms with Crippen LogP contribution in [0.4, 0.5) is 0 Å². The summed E-state index contributed by atoms with van der Waals surface area (Å²) in [7, 11) is 0. The number of nitrogens with zero attached hydrogens (tertiary/aromatic N) is 5. The van der Waals surface area contributed by atoms with E-state index in [-0.39, 0.29) is 6.04 Å². The van der Waals surface area contributed by atoms with Gasteiger partial charge in [-0.1, -0.05) is 12.8 Å². The van der Waals surface area contributed by atoms with Gasteiger partial charge < -0.3 is 4.98 Å². The summed E-state index contributed by atoms with van der Waals surface area (Å²) in [5.74, 6) is 1.29. The van der Waals surface area contributed by atoms with Gasteiger partial charge in [0.1, 0.15) is 11.5 Å². The van der Waals surface area contributed by atoms with Crippen LogP contribution in [0, 0.1) is 24.2 Å². The quantitative estimate of drug-likeness (QED) is 0.793. The van der Waals surface area contributed by atoms with E-state index in [0.29, 0.717) is 12.3 Å². The number of rotatable bonds is 4. The molecule has 0 saturated heterocycles. The molecule has 1 saturated carbocycles. The van der Waals surface area contributed by atoms with Crippen molar-refractivity contribution in [1.29, 1.82) is 5.26 Å². The smallest absolute Gasteiger partial charge is 0.141 e. The van der Waals surface area contributed by atoms with Crippen LogP contribution in [0.5, 0.6) is 0 Å². The van der Waals surface area contributed by atoms with Gasteiger partial charge in [-0.15, -0.1) is 0 Å². The second kappa shape index (κ2) is 6.08. The summed E-state index contributed by atoms with van der Waals surface area (Å²) >= 11 is 0. The molecule has 1 fully saturated rings. The van der Waals surface area contributed by atoms with Gasteiger partial charge in [-0.25, -0.2) is 9.97 Å². The van der Waals surface area contributed by atoms with Gasteiger partial charge in [0.25, 0.3) is 0 Å². The Labute approximate surface area is 140 Å². The van der Waals surface area contributed by atoms with Crippen molar-refractivity contribution in [3.05, 3.63) is 30.5 Å². The highest BCUT2D eigenvalue weighted by Crippen LogP contribution is 2.36. The van der Waals surface area contributed by atoms with E-state index in [9.17, 15) is 5.26 Å². The highest BCUT2D eigenvalue weighted by atomic mass is 15.3. The molecule has 6 nitrogen and oxygen atoms in total. The molecule has 1 aliphatic rings. The fourth-order valence-electron chi connectivity index (χ4n) is 3.83. The number of aromatic amines is 1. The largest absolute Gasteiger partial charge is 0.346 e. The molecule has 24 heavy (non-hydrogen) atoms. The molecule has 122 valence electrons. The minimum atomic E-state index is 0.163.